The number of hydrogen-bond donors (Lipinski definition) is 1. The van der Waals surface area contributed by atoms with E-state index in [-0.39, 0.29) is 0 Å². The highest BCUT2D eigenvalue weighted by atomic mass is 16.5. The summed E-state index contributed by atoms with van der Waals surface area (Å²) in [6, 6.07) is 5.74. The van der Waals surface area contributed by atoms with Gasteiger partial charge in [0.1, 0.15) is 11.5 Å². The van der Waals surface area contributed by atoms with E-state index in [2.05, 4.69) is 6.92 Å². The second kappa shape index (κ2) is 7.87. The Bertz CT molecular complexity index is 439. The van der Waals surface area contributed by atoms with Crippen LogP contribution in [0.2, 0.25) is 0 Å². The fourth-order valence-electron chi connectivity index (χ4n) is 3.49. The fourth-order valence-corrected chi connectivity index (χ4v) is 3.49. The van der Waals surface area contributed by atoms with Gasteiger partial charge >= 0.3 is 0 Å². The van der Waals surface area contributed by atoms with Gasteiger partial charge in [-0.2, -0.15) is 0 Å². The molecule has 124 valence electrons. The third-order valence-corrected chi connectivity index (χ3v) is 5.04. The summed E-state index contributed by atoms with van der Waals surface area (Å²) in [4.78, 5) is 0. The van der Waals surface area contributed by atoms with Crippen LogP contribution < -0.4 is 9.47 Å². The second-order valence-electron chi connectivity index (χ2n) is 6.57. The Hall–Kier alpha value is -1.22. The molecule has 1 aromatic rings. The second-order valence-corrected chi connectivity index (χ2v) is 6.57. The normalized spacial score (nSPS) is 25.0. The molecular weight excluding hydrogens is 276 g/mol. The van der Waals surface area contributed by atoms with Crippen molar-refractivity contribution in [2.75, 3.05) is 14.2 Å². The summed E-state index contributed by atoms with van der Waals surface area (Å²) >= 11 is 0. The molecule has 0 amide bonds. The first-order valence-electron chi connectivity index (χ1n) is 8.57. The predicted molar refractivity (Wildman–Crippen MR) is 89.5 cm³/mol. The highest BCUT2D eigenvalue weighted by molar-refractivity contribution is 5.41. The zero-order chi connectivity index (χ0) is 16.0. The van der Waals surface area contributed by atoms with Crippen molar-refractivity contribution in [2.45, 2.75) is 63.9 Å². The van der Waals surface area contributed by atoms with Gasteiger partial charge in [0, 0.05) is 6.07 Å². The molecule has 0 saturated heterocycles. The van der Waals surface area contributed by atoms with E-state index in [9.17, 15) is 5.11 Å². The Morgan fingerprint density at radius 2 is 1.64 bits per heavy atom. The van der Waals surface area contributed by atoms with Gasteiger partial charge in [0.05, 0.1) is 19.8 Å². The van der Waals surface area contributed by atoms with Crippen LogP contribution in [0.3, 0.4) is 0 Å². The molecule has 22 heavy (non-hydrogen) atoms. The van der Waals surface area contributed by atoms with Crippen LogP contribution in [0.15, 0.2) is 18.2 Å². The van der Waals surface area contributed by atoms with Crippen molar-refractivity contribution in [3.05, 3.63) is 23.8 Å². The number of aliphatic hydroxyl groups is 1. The van der Waals surface area contributed by atoms with Crippen molar-refractivity contribution >= 4 is 0 Å². The van der Waals surface area contributed by atoms with Crippen LogP contribution in [0.4, 0.5) is 0 Å². The minimum absolute atomic E-state index is 0.733. The number of methoxy groups -OCH3 is 2. The summed E-state index contributed by atoms with van der Waals surface area (Å²) in [6.07, 6.45) is 9.13. The van der Waals surface area contributed by atoms with Crippen molar-refractivity contribution < 1.29 is 14.6 Å². The van der Waals surface area contributed by atoms with Gasteiger partial charge in [-0.3, -0.25) is 0 Å². The molecule has 1 saturated carbocycles. The summed E-state index contributed by atoms with van der Waals surface area (Å²) in [7, 11) is 3.29. The van der Waals surface area contributed by atoms with Crippen molar-refractivity contribution in [1.82, 2.24) is 0 Å². The van der Waals surface area contributed by atoms with E-state index in [1.807, 2.05) is 18.2 Å². The summed E-state index contributed by atoms with van der Waals surface area (Å²) in [5, 5.41) is 11.1. The van der Waals surface area contributed by atoms with Gasteiger partial charge in [-0.15, -0.1) is 0 Å². The molecule has 2 rings (SSSR count). The van der Waals surface area contributed by atoms with Crippen LogP contribution in [0.5, 0.6) is 11.5 Å². The number of ether oxygens (including phenoxy) is 2. The summed E-state index contributed by atoms with van der Waals surface area (Å²) < 4.78 is 10.7. The van der Waals surface area contributed by atoms with Gasteiger partial charge < -0.3 is 14.6 Å². The van der Waals surface area contributed by atoms with Crippen LogP contribution in [-0.4, -0.2) is 19.3 Å². The topological polar surface area (TPSA) is 38.7 Å². The molecule has 1 aliphatic carbocycles. The molecule has 0 radical (unpaired) electrons. The first kappa shape index (κ1) is 17.1. The molecule has 0 aromatic heterocycles. The van der Waals surface area contributed by atoms with Crippen LogP contribution >= 0.6 is 0 Å². The Morgan fingerprint density at radius 3 is 2.14 bits per heavy atom. The van der Waals surface area contributed by atoms with Gasteiger partial charge in [0.2, 0.25) is 0 Å². The molecule has 3 heteroatoms. The number of unbranched alkanes of at least 4 members (excludes halogenated alkanes) is 2. The van der Waals surface area contributed by atoms with Crippen LogP contribution in [0, 0.1) is 5.92 Å². The van der Waals surface area contributed by atoms with Crippen molar-refractivity contribution in [3.8, 4) is 11.5 Å². The van der Waals surface area contributed by atoms with E-state index in [0.717, 1.165) is 48.7 Å². The molecule has 1 fully saturated rings. The quantitative estimate of drug-likeness (QED) is 0.744. The Labute approximate surface area is 134 Å². The Balaban J connectivity index is 2.03. The first-order valence-corrected chi connectivity index (χ1v) is 8.57. The van der Waals surface area contributed by atoms with Crippen molar-refractivity contribution in [1.29, 1.82) is 0 Å². The monoisotopic (exact) mass is 306 g/mol. The summed E-state index contributed by atoms with van der Waals surface area (Å²) in [6.45, 7) is 2.25. The van der Waals surface area contributed by atoms with Gasteiger partial charge in [-0.25, -0.2) is 0 Å². The van der Waals surface area contributed by atoms with E-state index in [0.29, 0.717) is 0 Å². The van der Waals surface area contributed by atoms with Gasteiger partial charge in [-0.1, -0.05) is 32.6 Å². The lowest BCUT2D eigenvalue weighted by atomic mass is 9.74. The van der Waals surface area contributed by atoms with E-state index in [1.54, 1.807) is 14.2 Å². The molecule has 0 atom stereocenters. The maximum atomic E-state index is 11.1. The average Bonchev–Trinajstić information content (AvgIpc) is 2.56. The SMILES string of the molecule is CCCCCC1CCC(O)(c2cc(OC)cc(OC)c2)CC1. The molecular formula is C19H30O3. The first-order chi connectivity index (χ1) is 10.6. The van der Waals surface area contributed by atoms with Gasteiger partial charge in [-0.05, 0) is 49.3 Å². The third-order valence-electron chi connectivity index (χ3n) is 5.04. The standard InChI is InChI=1S/C19H30O3/c1-4-5-6-7-15-8-10-19(20,11-9-15)16-12-17(21-2)14-18(13-16)22-3/h12-15,20H,4-11H2,1-3H3. The lowest BCUT2D eigenvalue weighted by molar-refractivity contribution is -0.0157. The van der Waals surface area contributed by atoms with Crippen LogP contribution in [0.25, 0.3) is 0 Å². The minimum Gasteiger partial charge on any atom is -0.497 e. The van der Waals surface area contributed by atoms with Gasteiger partial charge in [0.15, 0.2) is 0 Å². The molecule has 0 bridgehead atoms. The fraction of sp³-hybridized carbons (Fsp3) is 0.684. The highest BCUT2D eigenvalue weighted by Gasteiger charge is 2.35. The highest BCUT2D eigenvalue weighted by Crippen LogP contribution is 2.42. The average molecular weight is 306 g/mol. The minimum atomic E-state index is -0.733. The lowest BCUT2D eigenvalue weighted by Crippen LogP contribution is -2.31. The molecule has 1 aliphatic rings. The lowest BCUT2D eigenvalue weighted by Gasteiger charge is -2.36. The number of benzene rings is 1. The van der Waals surface area contributed by atoms with Gasteiger partial charge in [0.25, 0.3) is 0 Å². The molecule has 1 aromatic carbocycles. The summed E-state index contributed by atoms with van der Waals surface area (Å²) in [5.41, 5.74) is 0.194. The Morgan fingerprint density at radius 1 is 1.05 bits per heavy atom. The Kier molecular flexibility index (Phi) is 6.13. The molecule has 0 heterocycles. The van der Waals surface area contributed by atoms with E-state index in [1.165, 1.54) is 25.7 Å². The largest absolute Gasteiger partial charge is 0.497 e. The smallest absolute Gasteiger partial charge is 0.122 e. The number of hydrogen-bond acceptors (Lipinski definition) is 3. The van der Waals surface area contributed by atoms with E-state index >= 15 is 0 Å². The van der Waals surface area contributed by atoms with Crippen LogP contribution in [-0.2, 0) is 5.60 Å². The third kappa shape index (κ3) is 4.16. The number of rotatable bonds is 7. The maximum absolute atomic E-state index is 11.1. The van der Waals surface area contributed by atoms with E-state index in [4.69, 9.17) is 9.47 Å². The zero-order valence-corrected chi connectivity index (χ0v) is 14.2. The molecule has 3 nitrogen and oxygen atoms in total. The zero-order valence-electron chi connectivity index (χ0n) is 14.2. The predicted octanol–water partition coefficient (Wildman–Crippen LogP) is 4.66. The summed E-state index contributed by atoms with van der Waals surface area (Å²) in [5.74, 6) is 2.26. The van der Waals surface area contributed by atoms with Crippen LogP contribution in [0.1, 0.15) is 63.9 Å². The molecule has 0 unspecified atom stereocenters. The van der Waals surface area contributed by atoms with Crippen molar-refractivity contribution in [2.24, 2.45) is 5.92 Å². The molecule has 0 spiro atoms. The maximum Gasteiger partial charge on any atom is 0.122 e. The van der Waals surface area contributed by atoms with Crippen molar-refractivity contribution in [3.63, 3.8) is 0 Å². The molecule has 1 N–H and O–H groups in total. The van der Waals surface area contributed by atoms with E-state index < -0.39 is 5.60 Å². The molecule has 0 aliphatic heterocycles.